The van der Waals surface area contributed by atoms with Crippen LogP contribution < -0.4 is 0 Å². The first kappa shape index (κ1) is 7.76. The Bertz CT molecular complexity index is 259. The Balaban J connectivity index is 2.94. The van der Waals surface area contributed by atoms with E-state index < -0.39 is 0 Å². The minimum absolute atomic E-state index is 0.00463. The summed E-state index contributed by atoms with van der Waals surface area (Å²) in [5.74, 6) is 0.784. The highest BCUT2D eigenvalue weighted by atomic mass is 16.5. The number of ether oxygens (including phenoxy) is 1. The fourth-order valence-corrected chi connectivity index (χ4v) is 0.974. The Kier molecular flexibility index (Phi) is 2.24. The topological polar surface area (TPSA) is 45.6 Å². The van der Waals surface area contributed by atoms with Gasteiger partial charge in [0.25, 0.3) is 0 Å². The van der Waals surface area contributed by atoms with E-state index in [9.17, 15) is 0 Å². The van der Waals surface area contributed by atoms with Gasteiger partial charge in [-0.25, -0.2) is 0 Å². The van der Waals surface area contributed by atoms with Gasteiger partial charge in [0, 0.05) is 0 Å². The summed E-state index contributed by atoms with van der Waals surface area (Å²) in [5, 5.41) is 0. The van der Waals surface area contributed by atoms with Crippen LogP contribution in [0.4, 0.5) is 0 Å². The van der Waals surface area contributed by atoms with E-state index in [0.717, 1.165) is 5.76 Å². The van der Waals surface area contributed by atoms with Crippen molar-refractivity contribution in [2.45, 2.75) is 6.92 Å². The third kappa shape index (κ3) is 1.38. The summed E-state index contributed by atoms with van der Waals surface area (Å²) < 4.78 is 5.03. The molecule has 0 spiro atoms. The minimum Gasteiger partial charge on any atom is -0.500 e. The van der Waals surface area contributed by atoms with E-state index in [-0.39, 0.29) is 5.92 Å². The number of rotatable bonds is 1. The van der Waals surface area contributed by atoms with Crippen LogP contribution in [0.15, 0.2) is 17.9 Å². The lowest BCUT2D eigenvalue weighted by Gasteiger charge is -2.10. The summed E-state index contributed by atoms with van der Waals surface area (Å²) in [7, 11) is 1.59. The van der Waals surface area contributed by atoms with E-state index >= 15 is 0 Å². The number of methoxy groups -OCH3 is 1. The molecule has 1 aliphatic rings. The zero-order chi connectivity index (χ0) is 8.27. The smallest absolute Gasteiger partial charge is 0.310 e. The first-order valence-corrected chi connectivity index (χ1v) is 3.35. The number of hydrogen-bond donors (Lipinski definition) is 0. The van der Waals surface area contributed by atoms with E-state index in [2.05, 4.69) is 10.9 Å². The average Bonchev–Trinajstić information content (AvgIpc) is 2.05. The molecule has 0 fully saturated rings. The normalized spacial score (nSPS) is 22.5. The first-order chi connectivity index (χ1) is 5.29. The van der Waals surface area contributed by atoms with Crippen molar-refractivity contribution in [2.24, 2.45) is 5.92 Å². The second-order valence-corrected chi connectivity index (χ2v) is 2.29. The van der Waals surface area contributed by atoms with Gasteiger partial charge in [-0.15, -0.1) is 0 Å². The molecule has 0 bridgehead atoms. The van der Waals surface area contributed by atoms with Crippen LogP contribution in [-0.2, 0) is 4.74 Å². The highest BCUT2D eigenvalue weighted by Crippen LogP contribution is 2.16. The molecule has 1 atom stereocenters. The standard InChI is InChI=1S/C8H9N2O/c1-6-7(10-9)4-3-5-8(6)11-2/h3,5-6H,1-2H3. The van der Waals surface area contributed by atoms with Gasteiger partial charge in [-0.1, -0.05) is 0 Å². The Hall–Kier alpha value is -1.34. The maximum atomic E-state index is 8.50. The van der Waals surface area contributed by atoms with Crippen LogP contribution in [0.5, 0.6) is 0 Å². The summed E-state index contributed by atoms with van der Waals surface area (Å²) >= 11 is 0. The molecule has 0 aliphatic heterocycles. The quantitative estimate of drug-likeness (QED) is 0.408. The van der Waals surface area contributed by atoms with E-state index in [0.29, 0.717) is 5.71 Å². The second-order valence-electron chi connectivity index (χ2n) is 2.29. The molecule has 0 heterocycles. The molecule has 0 aromatic carbocycles. The third-order valence-corrected chi connectivity index (χ3v) is 1.66. The van der Waals surface area contributed by atoms with Crippen LogP contribution in [-0.4, -0.2) is 17.6 Å². The largest absolute Gasteiger partial charge is 0.500 e. The maximum Gasteiger partial charge on any atom is 0.310 e. The molecule has 57 valence electrons. The molecule has 1 radical (unpaired) electrons. The molecular weight excluding hydrogens is 140 g/mol. The molecule has 0 saturated heterocycles. The van der Waals surface area contributed by atoms with Crippen molar-refractivity contribution in [2.75, 3.05) is 7.11 Å². The second kappa shape index (κ2) is 3.17. The highest BCUT2D eigenvalue weighted by Gasteiger charge is 2.23. The first-order valence-electron chi connectivity index (χ1n) is 3.35. The SMILES string of the molecule is COC1=CC=[C]C(=[N+]=[N-])C1C. The van der Waals surface area contributed by atoms with Crippen molar-refractivity contribution < 1.29 is 9.53 Å². The minimum atomic E-state index is -0.00463. The van der Waals surface area contributed by atoms with Crippen LogP contribution in [0.1, 0.15) is 6.92 Å². The molecule has 1 aliphatic carbocycles. The van der Waals surface area contributed by atoms with E-state index in [1.165, 1.54) is 0 Å². The van der Waals surface area contributed by atoms with E-state index in [1.54, 1.807) is 19.3 Å². The summed E-state index contributed by atoms with van der Waals surface area (Å²) in [6, 6.07) is 0. The van der Waals surface area contributed by atoms with Gasteiger partial charge in [-0.05, 0) is 19.1 Å². The van der Waals surface area contributed by atoms with Crippen LogP contribution in [0, 0.1) is 12.0 Å². The third-order valence-electron chi connectivity index (χ3n) is 1.66. The summed E-state index contributed by atoms with van der Waals surface area (Å²) in [4.78, 5) is 3.08. The molecule has 1 unspecified atom stereocenters. The molecule has 0 aromatic rings. The fourth-order valence-electron chi connectivity index (χ4n) is 0.974. The Morgan fingerprint density at radius 1 is 1.73 bits per heavy atom. The lowest BCUT2D eigenvalue weighted by molar-refractivity contribution is -0.0114. The Morgan fingerprint density at radius 3 is 3.00 bits per heavy atom. The Morgan fingerprint density at radius 2 is 2.45 bits per heavy atom. The molecule has 1 rings (SSSR count). The van der Waals surface area contributed by atoms with Crippen LogP contribution in [0.25, 0.3) is 5.53 Å². The predicted molar refractivity (Wildman–Crippen MR) is 40.7 cm³/mol. The lowest BCUT2D eigenvalue weighted by atomic mass is 9.99. The zero-order valence-corrected chi connectivity index (χ0v) is 6.53. The van der Waals surface area contributed by atoms with Gasteiger partial charge in [0.1, 0.15) is 11.7 Å². The van der Waals surface area contributed by atoms with Crippen molar-refractivity contribution in [1.82, 2.24) is 0 Å². The van der Waals surface area contributed by atoms with Crippen LogP contribution in [0.2, 0.25) is 0 Å². The molecule has 3 nitrogen and oxygen atoms in total. The summed E-state index contributed by atoms with van der Waals surface area (Å²) in [6.07, 6.45) is 6.28. The molecule has 0 amide bonds. The number of hydrogen-bond acceptors (Lipinski definition) is 1. The Labute approximate surface area is 65.6 Å². The number of allylic oxidation sites excluding steroid dienone is 4. The van der Waals surface area contributed by atoms with E-state index in [1.807, 2.05) is 6.92 Å². The van der Waals surface area contributed by atoms with Crippen molar-refractivity contribution in [3.8, 4) is 0 Å². The van der Waals surface area contributed by atoms with Gasteiger partial charge in [0.15, 0.2) is 0 Å². The van der Waals surface area contributed by atoms with Gasteiger partial charge in [0.05, 0.1) is 13.2 Å². The van der Waals surface area contributed by atoms with Gasteiger partial charge in [-0.2, -0.15) is 4.79 Å². The molecule has 3 heteroatoms. The van der Waals surface area contributed by atoms with E-state index in [4.69, 9.17) is 10.3 Å². The average molecular weight is 149 g/mol. The van der Waals surface area contributed by atoms with Crippen LogP contribution in [0.3, 0.4) is 0 Å². The monoisotopic (exact) mass is 149 g/mol. The molecule has 0 N–H and O–H groups in total. The highest BCUT2D eigenvalue weighted by molar-refractivity contribution is 5.91. The molecule has 0 saturated carbocycles. The van der Waals surface area contributed by atoms with Gasteiger partial charge in [0.2, 0.25) is 0 Å². The zero-order valence-electron chi connectivity index (χ0n) is 6.53. The van der Waals surface area contributed by atoms with Crippen molar-refractivity contribution in [3.63, 3.8) is 0 Å². The van der Waals surface area contributed by atoms with Gasteiger partial charge in [-0.3, -0.25) is 0 Å². The fraction of sp³-hybridized carbons (Fsp3) is 0.375. The molecule has 11 heavy (non-hydrogen) atoms. The van der Waals surface area contributed by atoms with Crippen molar-refractivity contribution >= 4 is 5.71 Å². The molecular formula is C8H9N2O. The predicted octanol–water partition coefficient (Wildman–Crippen LogP) is 1.20. The van der Waals surface area contributed by atoms with Crippen molar-refractivity contribution in [1.29, 1.82) is 0 Å². The maximum absolute atomic E-state index is 8.50. The summed E-state index contributed by atoms with van der Waals surface area (Å²) in [6.45, 7) is 1.89. The summed E-state index contributed by atoms with van der Waals surface area (Å²) in [5.41, 5.74) is 9.00. The van der Waals surface area contributed by atoms with Crippen molar-refractivity contribution in [3.05, 3.63) is 29.5 Å². The van der Waals surface area contributed by atoms with Gasteiger partial charge >= 0.3 is 5.71 Å². The number of nitrogens with zero attached hydrogens (tertiary/aromatic N) is 2. The lowest BCUT2D eigenvalue weighted by Crippen LogP contribution is -2.16. The van der Waals surface area contributed by atoms with Crippen LogP contribution >= 0.6 is 0 Å². The van der Waals surface area contributed by atoms with Gasteiger partial charge < -0.3 is 10.3 Å². The molecule has 0 aromatic heterocycles.